The number of hydrogen-bond acceptors (Lipinski definition) is 3. The number of nitrogens with one attached hydrogen (secondary N) is 1. The molecule has 6 nitrogen and oxygen atoms in total. The zero-order valence-electron chi connectivity index (χ0n) is 5.85. The Bertz CT molecular complexity index is 321. The van der Waals surface area contributed by atoms with Crippen molar-refractivity contribution in [2.75, 3.05) is 0 Å². The van der Waals surface area contributed by atoms with Crippen molar-refractivity contribution in [3.63, 3.8) is 0 Å². The third kappa shape index (κ3) is 1.89. The third-order valence-electron chi connectivity index (χ3n) is 1.21. The molecule has 1 unspecified atom stereocenters. The summed E-state index contributed by atoms with van der Waals surface area (Å²) in [6, 6.07) is 0. The molecule has 1 aromatic rings. The van der Waals surface area contributed by atoms with Gasteiger partial charge in [-0.25, -0.2) is 9.00 Å². The first-order valence-corrected chi connectivity index (χ1v) is 4.22. The van der Waals surface area contributed by atoms with E-state index in [1.807, 2.05) is 0 Å². The van der Waals surface area contributed by atoms with Crippen LogP contribution in [0.4, 0.5) is 0 Å². The normalized spacial score (nSPS) is 12.8. The molecule has 0 aromatic carbocycles. The number of hydrogen-bond donors (Lipinski definition) is 3. The van der Waals surface area contributed by atoms with Gasteiger partial charge in [0.15, 0.2) is 11.1 Å². The molecule has 1 heterocycles. The van der Waals surface area contributed by atoms with Crippen molar-refractivity contribution in [3.05, 3.63) is 17.5 Å². The van der Waals surface area contributed by atoms with Crippen molar-refractivity contribution >= 4 is 17.0 Å². The van der Waals surface area contributed by atoms with Gasteiger partial charge < -0.3 is 9.66 Å². The molecule has 3 N–H and O–H groups in total. The van der Waals surface area contributed by atoms with E-state index >= 15 is 0 Å². The molecule has 0 aliphatic carbocycles. The van der Waals surface area contributed by atoms with E-state index in [0.29, 0.717) is 0 Å². The van der Waals surface area contributed by atoms with Crippen LogP contribution in [0.1, 0.15) is 16.1 Å². The summed E-state index contributed by atoms with van der Waals surface area (Å²) in [7, 11) is 0. The Morgan fingerprint density at radius 2 is 2.42 bits per heavy atom. The fraction of sp³-hybridized carbons (Fsp3) is 0.200. The van der Waals surface area contributed by atoms with Crippen molar-refractivity contribution in [1.82, 2.24) is 10.2 Å². The van der Waals surface area contributed by atoms with Gasteiger partial charge in [-0.15, -0.1) is 0 Å². The highest BCUT2D eigenvalue weighted by atomic mass is 32.2. The molecule has 7 heteroatoms. The van der Waals surface area contributed by atoms with Crippen LogP contribution < -0.4 is 0 Å². The summed E-state index contributed by atoms with van der Waals surface area (Å²) in [6.07, 6.45) is 1.22. The molecule has 66 valence electrons. The summed E-state index contributed by atoms with van der Waals surface area (Å²) >= 11 is -2.05. The monoisotopic (exact) mass is 190 g/mol. The van der Waals surface area contributed by atoms with E-state index in [0.717, 1.165) is 0 Å². The van der Waals surface area contributed by atoms with Gasteiger partial charge in [-0.3, -0.25) is 5.10 Å². The van der Waals surface area contributed by atoms with E-state index < -0.39 is 17.0 Å². The second kappa shape index (κ2) is 3.46. The minimum Gasteiger partial charge on any atom is -0.477 e. The average Bonchev–Trinajstić information content (AvgIpc) is 2.33. The first-order chi connectivity index (χ1) is 5.61. The minimum atomic E-state index is -2.05. The van der Waals surface area contributed by atoms with Crippen LogP contribution in [0.2, 0.25) is 0 Å². The molecule has 0 aliphatic rings. The van der Waals surface area contributed by atoms with Crippen LogP contribution in [0, 0.1) is 0 Å². The number of rotatable bonds is 3. The van der Waals surface area contributed by atoms with E-state index in [1.54, 1.807) is 0 Å². The average molecular weight is 190 g/mol. The SMILES string of the molecule is O=C(O)c1[nH]ncc1CS(=O)O. The van der Waals surface area contributed by atoms with Gasteiger partial charge in [0.2, 0.25) is 0 Å². The van der Waals surface area contributed by atoms with Crippen LogP contribution in [-0.2, 0) is 16.8 Å². The van der Waals surface area contributed by atoms with E-state index in [-0.39, 0.29) is 17.0 Å². The highest BCUT2D eigenvalue weighted by molar-refractivity contribution is 7.78. The van der Waals surface area contributed by atoms with Crippen LogP contribution in [0.3, 0.4) is 0 Å². The zero-order chi connectivity index (χ0) is 9.14. The Hall–Kier alpha value is -1.21. The summed E-state index contributed by atoms with van der Waals surface area (Å²) in [6.45, 7) is 0. The van der Waals surface area contributed by atoms with Gasteiger partial charge in [0, 0.05) is 5.56 Å². The fourth-order valence-corrected chi connectivity index (χ4v) is 1.22. The van der Waals surface area contributed by atoms with Crippen molar-refractivity contribution in [2.24, 2.45) is 0 Å². The molecule has 0 spiro atoms. The largest absolute Gasteiger partial charge is 0.477 e. The van der Waals surface area contributed by atoms with Gasteiger partial charge in [0.25, 0.3) is 0 Å². The summed E-state index contributed by atoms with van der Waals surface area (Å²) in [5, 5.41) is 14.2. The van der Waals surface area contributed by atoms with Gasteiger partial charge in [-0.1, -0.05) is 0 Å². The molecule has 1 atom stereocenters. The highest BCUT2D eigenvalue weighted by Gasteiger charge is 2.13. The van der Waals surface area contributed by atoms with Crippen LogP contribution in [0.15, 0.2) is 6.20 Å². The summed E-state index contributed by atoms with van der Waals surface area (Å²) in [5.74, 6) is -1.41. The first-order valence-electron chi connectivity index (χ1n) is 2.94. The Balaban J connectivity index is 2.91. The van der Waals surface area contributed by atoms with E-state index in [4.69, 9.17) is 9.66 Å². The lowest BCUT2D eigenvalue weighted by Gasteiger charge is -1.93. The van der Waals surface area contributed by atoms with E-state index in [2.05, 4.69) is 10.2 Å². The Kier molecular flexibility index (Phi) is 2.56. The number of nitrogens with zero attached hydrogens (tertiary/aromatic N) is 1. The summed E-state index contributed by atoms with van der Waals surface area (Å²) in [5.41, 5.74) is 0.0840. The molecule has 1 aromatic heterocycles. The molecule has 0 fully saturated rings. The summed E-state index contributed by atoms with van der Waals surface area (Å²) < 4.78 is 18.8. The van der Waals surface area contributed by atoms with Crippen molar-refractivity contribution in [2.45, 2.75) is 5.75 Å². The molecule has 0 saturated carbocycles. The number of carboxylic acids is 1. The lowest BCUT2D eigenvalue weighted by Crippen LogP contribution is -2.03. The number of aromatic amines is 1. The van der Waals surface area contributed by atoms with E-state index in [1.165, 1.54) is 6.20 Å². The molecule has 0 bridgehead atoms. The number of carboxylic acid groups (broad SMARTS) is 1. The summed E-state index contributed by atoms with van der Waals surface area (Å²) in [4.78, 5) is 10.4. The zero-order valence-corrected chi connectivity index (χ0v) is 6.67. The van der Waals surface area contributed by atoms with Crippen molar-refractivity contribution in [1.29, 1.82) is 0 Å². The van der Waals surface area contributed by atoms with Crippen molar-refractivity contribution < 1.29 is 18.7 Å². The molecule has 0 radical (unpaired) electrons. The van der Waals surface area contributed by atoms with Gasteiger partial charge in [-0.05, 0) is 0 Å². The maximum Gasteiger partial charge on any atom is 0.354 e. The van der Waals surface area contributed by atoms with Gasteiger partial charge >= 0.3 is 5.97 Å². The van der Waals surface area contributed by atoms with Gasteiger partial charge in [0.05, 0.1) is 11.9 Å². The first kappa shape index (κ1) is 8.88. The van der Waals surface area contributed by atoms with Crippen LogP contribution >= 0.6 is 0 Å². The molecular formula is C5H6N2O4S. The predicted octanol–water partition coefficient (Wildman–Crippen LogP) is -0.170. The van der Waals surface area contributed by atoms with Gasteiger partial charge in [-0.2, -0.15) is 5.10 Å². The molecule has 1 rings (SSSR count). The quantitative estimate of drug-likeness (QED) is 0.574. The lowest BCUT2D eigenvalue weighted by atomic mass is 10.3. The van der Waals surface area contributed by atoms with Crippen LogP contribution in [-0.4, -0.2) is 30.0 Å². The number of carbonyl (C=O) groups is 1. The van der Waals surface area contributed by atoms with Gasteiger partial charge in [0.1, 0.15) is 5.69 Å². The van der Waals surface area contributed by atoms with Crippen molar-refractivity contribution in [3.8, 4) is 0 Å². The standard InChI is InChI=1S/C5H6N2O4S/c8-5(9)4-3(1-6-7-4)2-12(10)11/h1H,2H2,(H,6,7)(H,8,9)(H,10,11). The smallest absolute Gasteiger partial charge is 0.354 e. The molecule has 0 aliphatic heterocycles. The second-order valence-corrected chi connectivity index (χ2v) is 2.97. The van der Waals surface area contributed by atoms with Crippen LogP contribution in [0.5, 0.6) is 0 Å². The molecule has 12 heavy (non-hydrogen) atoms. The Labute approximate surface area is 69.9 Å². The molecule has 0 saturated heterocycles. The predicted molar refractivity (Wildman–Crippen MR) is 40.0 cm³/mol. The minimum absolute atomic E-state index is 0.141. The van der Waals surface area contributed by atoms with Crippen LogP contribution in [0.25, 0.3) is 0 Å². The second-order valence-electron chi connectivity index (χ2n) is 2.04. The Morgan fingerprint density at radius 3 is 2.92 bits per heavy atom. The third-order valence-corrected chi connectivity index (χ3v) is 1.77. The molecule has 0 amide bonds. The molecular weight excluding hydrogens is 184 g/mol. The highest BCUT2D eigenvalue weighted by Crippen LogP contribution is 2.06. The topological polar surface area (TPSA) is 103 Å². The number of aromatic carboxylic acids is 1. The Morgan fingerprint density at radius 1 is 1.75 bits per heavy atom. The number of H-pyrrole nitrogens is 1. The maximum atomic E-state index is 10.4. The number of aromatic nitrogens is 2. The fourth-order valence-electron chi connectivity index (χ4n) is 0.739. The van der Waals surface area contributed by atoms with E-state index in [9.17, 15) is 9.00 Å². The maximum absolute atomic E-state index is 10.4. The lowest BCUT2D eigenvalue weighted by molar-refractivity contribution is 0.0689.